The molecule has 0 amide bonds. The summed E-state index contributed by atoms with van der Waals surface area (Å²) < 4.78 is 122. The molecule has 0 rings (SSSR count). The van der Waals surface area contributed by atoms with Gasteiger partial charge in [0.25, 0.3) is 0 Å². The molecule has 0 N–H and O–H groups in total. The third-order valence-corrected chi connectivity index (χ3v) is 4.22. The lowest BCUT2D eigenvalue weighted by molar-refractivity contribution is -0.0635. The average Bonchev–Trinajstić information content (AvgIpc) is 2.29. The predicted molar refractivity (Wildman–Crippen MR) is 60.3 cm³/mol. The van der Waals surface area contributed by atoms with E-state index >= 15 is 0 Å². The van der Waals surface area contributed by atoms with Crippen LogP contribution in [0.15, 0.2) is 0 Å². The molecule has 0 aromatic rings. The van der Waals surface area contributed by atoms with Crippen LogP contribution in [-0.2, 0) is 28.6 Å². The molecule has 22 heavy (non-hydrogen) atoms. The SMILES string of the molecule is CCCCC(COS(=O)(=O)C(F)(F)F)OS(=O)(=O)C(F)(F)F. The first kappa shape index (κ1) is 21.4. The molecule has 0 saturated carbocycles. The Morgan fingerprint density at radius 2 is 1.36 bits per heavy atom. The van der Waals surface area contributed by atoms with Gasteiger partial charge in [-0.15, -0.1) is 0 Å². The number of halogens is 6. The largest absolute Gasteiger partial charge is 0.523 e. The molecule has 0 spiro atoms. The summed E-state index contributed by atoms with van der Waals surface area (Å²) in [6.07, 6.45) is -2.05. The molecule has 0 radical (unpaired) electrons. The van der Waals surface area contributed by atoms with E-state index in [1.54, 1.807) is 6.92 Å². The fourth-order valence-electron chi connectivity index (χ4n) is 1.06. The average molecular weight is 382 g/mol. The van der Waals surface area contributed by atoms with Crippen molar-refractivity contribution >= 4 is 20.2 Å². The Morgan fingerprint density at radius 3 is 1.73 bits per heavy atom. The van der Waals surface area contributed by atoms with Crippen molar-refractivity contribution in [1.29, 1.82) is 0 Å². The van der Waals surface area contributed by atoms with Crippen LogP contribution in [0.5, 0.6) is 0 Å². The van der Waals surface area contributed by atoms with Crippen LogP contribution in [0, 0.1) is 0 Å². The summed E-state index contributed by atoms with van der Waals surface area (Å²) >= 11 is 0. The van der Waals surface area contributed by atoms with Gasteiger partial charge in [0.1, 0.15) is 6.10 Å². The molecule has 1 unspecified atom stereocenters. The minimum Gasteiger partial charge on any atom is -0.260 e. The third kappa shape index (κ3) is 6.26. The molecule has 134 valence electrons. The Kier molecular flexibility index (Phi) is 7.11. The second-order valence-electron chi connectivity index (χ2n) is 3.94. The Balaban J connectivity index is 5.03. The van der Waals surface area contributed by atoms with E-state index in [0.29, 0.717) is 6.42 Å². The molecule has 0 aliphatic rings. The van der Waals surface area contributed by atoms with E-state index in [2.05, 4.69) is 8.37 Å². The summed E-state index contributed by atoms with van der Waals surface area (Å²) in [5.74, 6) is 0. The Labute approximate surface area is 122 Å². The van der Waals surface area contributed by atoms with Crippen molar-refractivity contribution < 1.29 is 51.5 Å². The third-order valence-electron chi connectivity index (χ3n) is 2.12. The highest BCUT2D eigenvalue weighted by molar-refractivity contribution is 7.88. The minimum absolute atomic E-state index is 0.0769. The van der Waals surface area contributed by atoms with E-state index < -0.39 is 50.4 Å². The van der Waals surface area contributed by atoms with Crippen LogP contribution >= 0.6 is 0 Å². The lowest BCUT2D eigenvalue weighted by Gasteiger charge is -2.18. The molecule has 0 saturated heterocycles. The smallest absolute Gasteiger partial charge is 0.260 e. The van der Waals surface area contributed by atoms with E-state index in [0.717, 1.165) is 0 Å². The normalized spacial score (nSPS) is 15.8. The summed E-state index contributed by atoms with van der Waals surface area (Å²) in [6, 6.07) is 0. The first-order valence-corrected chi connectivity index (χ1v) is 8.41. The predicted octanol–water partition coefficient (Wildman–Crippen LogP) is 2.28. The van der Waals surface area contributed by atoms with Crippen molar-refractivity contribution in [3.63, 3.8) is 0 Å². The summed E-state index contributed by atoms with van der Waals surface area (Å²) in [5, 5.41) is 0. The minimum atomic E-state index is -6.09. The molecule has 0 aliphatic carbocycles. The quantitative estimate of drug-likeness (QED) is 0.364. The van der Waals surface area contributed by atoms with Crippen LogP contribution in [0.1, 0.15) is 26.2 Å². The zero-order chi connectivity index (χ0) is 17.8. The lowest BCUT2D eigenvalue weighted by atomic mass is 10.2. The molecular formula is C8H12F6O6S2. The van der Waals surface area contributed by atoms with Crippen molar-refractivity contribution in [2.24, 2.45) is 0 Å². The van der Waals surface area contributed by atoms with E-state index in [1.807, 2.05) is 0 Å². The van der Waals surface area contributed by atoms with Gasteiger partial charge in [0.15, 0.2) is 0 Å². The molecule has 0 aliphatic heterocycles. The number of rotatable bonds is 8. The van der Waals surface area contributed by atoms with Gasteiger partial charge >= 0.3 is 31.3 Å². The monoisotopic (exact) mass is 382 g/mol. The molecule has 0 bridgehead atoms. The summed E-state index contributed by atoms with van der Waals surface area (Å²) in [5.41, 5.74) is -11.6. The van der Waals surface area contributed by atoms with Gasteiger partial charge in [-0.2, -0.15) is 43.2 Å². The number of hydrogen-bond acceptors (Lipinski definition) is 6. The second kappa shape index (κ2) is 7.31. The summed E-state index contributed by atoms with van der Waals surface area (Å²) in [6.45, 7) is 0.0415. The highest BCUT2D eigenvalue weighted by Crippen LogP contribution is 2.28. The number of unbranched alkanes of at least 4 members (excludes halogenated alkanes) is 1. The molecule has 0 fully saturated rings. The van der Waals surface area contributed by atoms with Crippen molar-refractivity contribution in [3.8, 4) is 0 Å². The molecule has 1 atom stereocenters. The first-order valence-electron chi connectivity index (χ1n) is 5.59. The van der Waals surface area contributed by atoms with Crippen LogP contribution in [-0.4, -0.2) is 40.6 Å². The Bertz CT molecular complexity index is 549. The fourth-order valence-corrected chi connectivity index (χ4v) is 2.14. The maximum absolute atomic E-state index is 12.1. The standard InChI is InChI=1S/C8H12F6O6S2/c1-2-3-4-6(20-22(17,18)8(12,13)14)5-19-21(15,16)7(9,10)11/h6H,2-5H2,1H3. The summed E-state index contributed by atoms with van der Waals surface area (Å²) in [7, 11) is -12.2. The van der Waals surface area contributed by atoms with E-state index in [4.69, 9.17) is 0 Å². The van der Waals surface area contributed by atoms with Crippen LogP contribution in [0.3, 0.4) is 0 Å². The van der Waals surface area contributed by atoms with Gasteiger partial charge < -0.3 is 0 Å². The molecule has 14 heteroatoms. The Morgan fingerprint density at radius 1 is 0.909 bits per heavy atom. The molecular weight excluding hydrogens is 370 g/mol. The van der Waals surface area contributed by atoms with Crippen molar-refractivity contribution in [2.75, 3.05) is 6.61 Å². The van der Waals surface area contributed by atoms with E-state index in [1.165, 1.54) is 0 Å². The van der Waals surface area contributed by atoms with Gasteiger partial charge in [-0.3, -0.25) is 8.37 Å². The molecule has 6 nitrogen and oxygen atoms in total. The van der Waals surface area contributed by atoms with Crippen LogP contribution in [0.25, 0.3) is 0 Å². The van der Waals surface area contributed by atoms with Gasteiger partial charge in [-0.25, -0.2) is 0 Å². The highest BCUT2D eigenvalue weighted by Gasteiger charge is 2.50. The summed E-state index contributed by atoms with van der Waals surface area (Å²) in [4.78, 5) is 0. The maximum atomic E-state index is 12.1. The van der Waals surface area contributed by atoms with Crippen molar-refractivity contribution in [3.05, 3.63) is 0 Å². The van der Waals surface area contributed by atoms with Gasteiger partial charge in [0.05, 0.1) is 6.61 Å². The van der Waals surface area contributed by atoms with Gasteiger partial charge in [0.2, 0.25) is 0 Å². The Hall–Kier alpha value is -0.600. The number of alkyl halides is 6. The van der Waals surface area contributed by atoms with Gasteiger partial charge in [-0.1, -0.05) is 19.8 Å². The maximum Gasteiger partial charge on any atom is 0.523 e. The van der Waals surface area contributed by atoms with E-state index in [-0.39, 0.29) is 6.42 Å². The lowest BCUT2D eigenvalue weighted by Crippen LogP contribution is -2.34. The number of hydrogen-bond donors (Lipinski definition) is 0. The van der Waals surface area contributed by atoms with Gasteiger partial charge in [0, 0.05) is 0 Å². The van der Waals surface area contributed by atoms with Crippen molar-refractivity contribution in [2.45, 2.75) is 43.3 Å². The van der Waals surface area contributed by atoms with Gasteiger partial charge in [-0.05, 0) is 6.42 Å². The second-order valence-corrected chi connectivity index (χ2v) is 7.12. The first-order chi connectivity index (χ1) is 9.64. The van der Waals surface area contributed by atoms with Crippen LogP contribution in [0.4, 0.5) is 26.3 Å². The van der Waals surface area contributed by atoms with Crippen LogP contribution in [0.2, 0.25) is 0 Å². The highest BCUT2D eigenvalue weighted by atomic mass is 32.2. The molecule has 0 aromatic heterocycles. The fraction of sp³-hybridized carbons (Fsp3) is 1.00. The van der Waals surface area contributed by atoms with Crippen LogP contribution < -0.4 is 0 Å². The van der Waals surface area contributed by atoms with E-state index in [9.17, 15) is 43.2 Å². The molecule has 0 heterocycles. The molecule has 0 aromatic carbocycles. The zero-order valence-electron chi connectivity index (χ0n) is 10.9. The topological polar surface area (TPSA) is 86.7 Å². The zero-order valence-corrected chi connectivity index (χ0v) is 12.6. The van der Waals surface area contributed by atoms with Crippen molar-refractivity contribution in [1.82, 2.24) is 0 Å².